The van der Waals surface area contributed by atoms with Gasteiger partial charge in [0.05, 0.1) is 22.7 Å². The van der Waals surface area contributed by atoms with Crippen molar-refractivity contribution in [2.45, 2.75) is 6.54 Å². The van der Waals surface area contributed by atoms with Gasteiger partial charge in [0.2, 0.25) is 0 Å². The minimum atomic E-state index is -1.11. The molecular formula is C14H13BrN4O3. The number of nitrogens with one attached hydrogen (secondary N) is 1. The predicted molar refractivity (Wildman–Crippen MR) is 86.2 cm³/mol. The molecule has 7 nitrogen and oxygen atoms in total. The fourth-order valence-electron chi connectivity index (χ4n) is 2.53. The summed E-state index contributed by atoms with van der Waals surface area (Å²) in [5, 5.41) is 11.8. The van der Waals surface area contributed by atoms with Crippen LogP contribution >= 0.6 is 15.9 Å². The number of rotatable bonds is 3. The van der Waals surface area contributed by atoms with Crippen molar-refractivity contribution < 1.29 is 9.90 Å². The molecule has 0 bridgehead atoms. The number of carboxylic acid groups (broad SMARTS) is 1. The first-order valence-corrected chi connectivity index (χ1v) is 7.38. The van der Waals surface area contributed by atoms with E-state index in [0.29, 0.717) is 5.52 Å². The molecule has 2 N–H and O–H groups in total. The maximum Gasteiger partial charge on any atom is 0.404 e. The van der Waals surface area contributed by atoms with Gasteiger partial charge in [-0.25, -0.2) is 9.59 Å². The van der Waals surface area contributed by atoms with E-state index in [4.69, 9.17) is 5.11 Å². The molecule has 0 saturated heterocycles. The number of hydrogen-bond donors (Lipinski definition) is 2. The van der Waals surface area contributed by atoms with Crippen LogP contribution in [0.5, 0.6) is 0 Å². The highest BCUT2D eigenvalue weighted by atomic mass is 79.9. The van der Waals surface area contributed by atoms with E-state index in [-0.39, 0.29) is 18.8 Å². The minimum absolute atomic E-state index is 0.159. The van der Waals surface area contributed by atoms with Crippen molar-refractivity contribution in [1.82, 2.24) is 19.4 Å². The highest BCUT2D eigenvalue weighted by Gasteiger charge is 2.14. The summed E-state index contributed by atoms with van der Waals surface area (Å²) < 4.78 is 3.98. The lowest BCUT2D eigenvalue weighted by atomic mass is 10.2. The van der Waals surface area contributed by atoms with Crippen molar-refractivity contribution in [1.29, 1.82) is 0 Å². The summed E-state index contributed by atoms with van der Waals surface area (Å²) in [7, 11) is 1.68. The number of benzene rings is 1. The Labute approximate surface area is 133 Å². The molecule has 0 radical (unpaired) electrons. The molecule has 22 heavy (non-hydrogen) atoms. The molecular weight excluding hydrogens is 352 g/mol. The van der Waals surface area contributed by atoms with Gasteiger partial charge < -0.3 is 10.4 Å². The summed E-state index contributed by atoms with van der Waals surface area (Å²) in [4.78, 5) is 27.4. The molecule has 3 rings (SSSR count). The van der Waals surface area contributed by atoms with Gasteiger partial charge in [0, 0.05) is 30.0 Å². The van der Waals surface area contributed by atoms with Crippen LogP contribution in [0, 0.1) is 0 Å². The Hall–Kier alpha value is -2.35. The van der Waals surface area contributed by atoms with Crippen molar-refractivity contribution in [3.63, 3.8) is 0 Å². The highest BCUT2D eigenvalue weighted by Crippen LogP contribution is 2.25. The van der Waals surface area contributed by atoms with E-state index >= 15 is 0 Å². The molecule has 1 aromatic carbocycles. The molecule has 8 heteroatoms. The Morgan fingerprint density at radius 1 is 1.45 bits per heavy atom. The fourth-order valence-corrected chi connectivity index (χ4v) is 2.89. The van der Waals surface area contributed by atoms with Gasteiger partial charge in [-0.05, 0) is 18.2 Å². The van der Waals surface area contributed by atoms with E-state index in [2.05, 4.69) is 26.2 Å². The summed E-state index contributed by atoms with van der Waals surface area (Å²) in [6.45, 7) is 0.417. The van der Waals surface area contributed by atoms with E-state index in [0.717, 1.165) is 20.9 Å². The molecule has 0 fully saturated rings. The van der Waals surface area contributed by atoms with Gasteiger partial charge in [-0.2, -0.15) is 0 Å². The Kier molecular flexibility index (Phi) is 3.61. The minimum Gasteiger partial charge on any atom is -0.465 e. The second-order valence-corrected chi connectivity index (χ2v) is 5.79. The number of carbonyl (C=O) groups is 1. The van der Waals surface area contributed by atoms with Crippen LogP contribution in [0.2, 0.25) is 0 Å². The normalized spacial score (nSPS) is 11.2. The summed E-state index contributed by atoms with van der Waals surface area (Å²) >= 11 is 3.43. The summed E-state index contributed by atoms with van der Waals surface area (Å²) in [6, 6.07) is 5.67. The molecule has 0 aliphatic carbocycles. The maximum atomic E-state index is 12.4. The van der Waals surface area contributed by atoms with Crippen LogP contribution in [-0.2, 0) is 13.6 Å². The summed E-state index contributed by atoms with van der Waals surface area (Å²) in [6.07, 6.45) is 0.552. The van der Waals surface area contributed by atoms with Crippen LogP contribution in [0.15, 0.2) is 33.7 Å². The van der Waals surface area contributed by atoms with E-state index < -0.39 is 6.09 Å². The lowest BCUT2D eigenvalue weighted by Gasteiger charge is -2.06. The third-order valence-corrected chi connectivity index (χ3v) is 4.04. The van der Waals surface area contributed by atoms with Crippen molar-refractivity contribution in [3.8, 4) is 0 Å². The number of amides is 1. The second kappa shape index (κ2) is 5.45. The Morgan fingerprint density at radius 3 is 2.95 bits per heavy atom. The first-order valence-electron chi connectivity index (χ1n) is 6.59. The van der Waals surface area contributed by atoms with Crippen LogP contribution in [-0.4, -0.2) is 31.9 Å². The van der Waals surface area contributed by atoms with E-state index in [1.165, 1.54) is 4.57 Å². The number of fused-ring (bicyclic) bond motifs is 3. The predicted octanol–water partition coefficient (Wildman–Crippen LogP) is 1.92. The van der Waals surface area contributed by atoms with Gasteiger partial charge in [-0.3, -0.25) is 14.1 Å². The van der Waals surface area contributed by atoms with E-state index in [9.17, 15) is 9.59 Å². The zero-order valence-corrected chi connectivity index (χ0v) is 13.3. The first-order chi connectivity index (χ1) is 10.5. The summed E-state index contributed by atoms with van der Waals surface area (Å²) in [5.74, 6) is 0. The third-order valence-electron chi connectivity index (χ3n) is 3.54. The van der Waals surface area contributed by atoms with Gasteiger partial charge in [0.25, 0.3) is 0 Å². The molecule has 0 saturated carbocycles. The van der Waals surface area contributed by atoms with Gasteiger partial charge in [0.15, 0.2) is 0 Å². The van der Waals surface area contributed by atoms with Gasteiger partial charge in [0.1, 0.15) is 0 Å². The number of pyridine rings is 1. The molecule has 1 amide bonds. The maximum absolute atomic E-state index is 12.4. The van der Waals surface area contributed by atoms with E-state index in [1.54, 1.807) is 17.8 Å². The average Bonchev–Trinajstić information content (AvgIpc) is 2.72. The molecule has 0 aliphatic rings. The van der Waals surface area contributed by atoms with Gasteiger partial charge >= 0.3 is 11.8 Å². The average molecular weight is 365 g/mol. The Bertz CT molecular complexity index is 945. The van der Waals surface area contributed by atoms with Gasteiger partial charge in [-0.1, -0.05) is 15.9 Å². The van der Waals surface area contributed by atoms with Crippen molar-refractivity contribution in [2.24, 2.45) is 7.05 Å². The quantitative estimate of drug-likeness (QED) is 0.742. The molecule has 2 aromatic heterocycles. The van der Waals surface area contributed by atoms with Crippen LogP contribution in [0.4, 0.5) is 4.79 Å². The number of halogens is 1. The van der Waals surface area contributed by atoms with Crippen LogP contribution in [0.25, 0.3) is 21.9 Å². The smallest absolute Gasteiger partial charge is 0.404 e. The number of aromatic nitrogens is 3. The monoisotopic (exact) mass is 364 g/mol. The van der Waals surface area contributed by atoms with Crippen molar-refractivity contribution in [3.05, 3.63) is 39.4 Å². The molecule has 0 spiro atoms. The van der Waals surface area contributed by atoms with Crippen molar-refractivity contribution in [2.75, 3.05) is 6.54 Å². The summed E-state index contributed by atoms with van der Waals surface area (Å²) in [5.41, 5.74) is 2.05. The standard InChI is InChI=1S/C14H13BrN4O3/c1-18-11-7-17-10-3-2-8(15)6-9(10)12(11)19(14(18)22)5-4-16-13(20)21/h2-3,6-7,16H,4-5H2,1H3,(H,20,21). The number of nitrogens with zero attached hydrogens (tertiary/aromatic N) is 3. The molecule has 0 atom stereocenters. The van der Waals surface area contributed by atoms with Crippen molar-refractivity contribution >= 4 is 44.0 Å². The molecule has 3 aromatic rings. The van der Waals surface area contributed by atoms with E-state index in [1.807, 2.05) is 18.2 Å². The van der Waals surface area contributed by atoms with Gasteiger partial charge in [-0.15, -0.1) is 0 Å². The molecule has 2 heterocycles. The number of aryl methyl sites for hydroxylation is 1. The number of imidazole rings is 1. The highest BCUT2D eigenvalue weighted by molar-refractivity contribution is 9.10. The topological polar surface area (TPSA) is 89.2 Å². The number of hydrogen-bond acceptors (Lipinski definition) is 3. The zero-order valence-electron chi connectivity index (χ0n) is 11.7. The zero-order chi connectivity index (χ0) is 15.9. The SMILES string of the molecule is Cn1c(=O)n(CCNC(=O)O)c2c3cc(Br)ccc3ncc21. The largest absolute Gasteiger partial charge is 0.465 e. The molecule has 0 aliphatic heterocycles. The molecule has 0 unspecified atom stereocenters. The second-order valence-electron chi connectivity index (χ2n) is 4.88. The molecule has 114 valence electrons. The van der Waals surface area contributed by atoms with Crippen LogP contribution in [0.1, 0.15) is 0 Å². The Balaban J connectivity index is 2.25. The van der Waals surface area contributed by atoms with Crippen LogP contribution < -0.4 is 11.0 Å². The van der Waals surface area contributed by atoms with Crippen LogP contribution in [0.3, 0.4) is 0 Å². The third kappa shape index (κ3) is 2.35. The lowest BCUT2D eigenvalue weighted by Crippen LogP contribution is -2.30. The lowest BCUT2D eigenvalue weighted by molar-refractivity contribution is 0.194. The Morgan fingerprint density at radius 2 is 2.23 bits per heavy atom. The fraction of sp³-hybridized carbons (Fsp3) is 0.214. The first kappa shape index (κ1) is 14.6.